The topological polar surface area (TPSA) is 279 Å². The minimum atomic E-state index is -0.766. The molecular weight excluding hydrogens is 875 g/mol. The first-order valence-corrected chi connectivity index (χ1v) is 23.9. The normalized spacial score (nSPS) is 17.3. The maximum atomic E-state index is 13.6. The summed E-state index contributed by atoms with van der Waals surface area (Å²) in [7, 11) is 0. The molecule has 1 aliphatic rings. The van der Waals surface area contributed by atoms with Gasteiger partial charge in [0.1, 0.15) is 22.9 Å². The highest BCUT2D eigenvalue weighted by Gasteiger charge is 2.42. The number of rotatable bonds is 31. The summed E-state index contributed by atoms with van der Waals surface area (Å²) in [6.07, 6.45) is 1.17. The van der Waals surface area contributed by atoms with Gasteiger partial charge in [0.15, 0.2) is 0 Å². The van der Waals surface area contributed by atoms with Gasteiger partial charge in [-0.15, -0.1) is 0 Å². The molecule has 21 heteroatoms. The van der Waals surface area contributed by atoms with Crippen molar-refractivity contribution in [3.63, 3.8) is 0 Å². The second-order valence-electron chi connectivity index (χ2n) is 19.4. The number of ether oxygens (including phenoxy) is 6. The fourth-order valence-electron chi connectivity index (χ4n) is 6.49. The third-order valence-corrected chi connectivity index (χ3v) is 9.51. The Labute approximate surface area is 398 Å². The van der Waals surface area contributed by atoms with E-state index in [1.807, 2.05) is 0 Å². The molecule has 0 aromatic rings. The molecule has 0 heterocycles. The molecule has 67 heavy (non-hydrogen) atoms. The van der Waals surface area contributed by atoms with Gasteiger partial charge in [0, 0.05) is 77.6 Å². The number of aliphatic hydroxyl groups is 1. The van der Waals surface area contributed by atoms with Crippen LogP contribution in [0, 0.1) is 5.92 Å². The van der Waals surface area contributed by atoms with Crippen molar-refractivity contribution in [2.45, 2.75) is 174 Å². The zero-order valence-corrected chi connectivity index (χ0v) is 41.8. The van der Waals surface area contributed by atoms with Crippen LogP contribution in [-0.2, 0) is 47.6 Å². The van der Waals surface area contributed by atoms with Gasteiger partial charge in [-0.2, -0.15) is 0 Å². The Kier molecular flexibility index (Phi) is 29.9. The number of amides is 7. The monoisotopic (exact) mass is 960 g/mol. The number of hydrogen-bond donors (Lipinski definition) is 8. The van der Waals surface area contributed by atoms with Crippen LogP contribution in [0.15, 0.2) is 0 Å². The smallest absolute Gasteiger partial charge is 0.407 e. The molecule has 0 spiro atoms. The Morgan fingerprint density at radius 1 is 0.433 bits per heavy atom. The predicted molar refractivity (Wildman–Crippen MR) is 250 cm³/mol. The van der Waals surface area contributed by atoms with Crippen LogP contribution in [0.25, 0.3) is 0 Å². The van der Waals surface area contributed by atoms with Crippen molar-refractivity contribution in [1.29, 1.82) is 0 Å². The van der Waals surface area contributed by atoms with Gasteiger partial charge in [0.05, 0.1) is 32.0 Å². The van der Waals surface area contributed by atoms with Gasteiger partial charge in [-0.05, 0) is 107 Å². The van der Waals surface area contributed by atoms with E-state index in [0.717, 1.165) is 19.3 Å². The maximum absolute atomic E-state index is 13.6. The number of carbonyl (C=O) groups is 7. The van der Waals surface area contributed by atoms with Crippen LogP contribution in [0.1, 0.15) is 139 Å². The van der Waals surface area contributed by atoms with Gasteiger partial charge >= 0.3 is 18.3 Å². The summed E-state index contributed by atoms with van der Waals surface area (Å²) in [5, 5.41) is 28.5. The van der Waals surface area contributed by atoms with Crippen molar-refractivity contribution in [3.8, 4) is 0 Å². The number of alkyl carbamates (subject to hydrolysis) is 3. The van der Waals surface area contributed by atoms with Gasteiger partial charge in [-0.1, -0.05) is 12.8 Å². The number of aliphatic hydroxyl groups excluding tert-OH is 1. The standard InChI is InChI=1S/C46H85N7O14/c1-44(2,3)65-41(59)51-24-14-21-47-36(55)17-28-62-34-31-33(40(58)50-20-12-10-11-13-27-54)32-35(63-29-18-37(56)48-22-15-25-52-42(60)66-45(4,5)6)39(34)64-30-19-38(57)49-23-16-26-53-43(61)67-46(7,8)9/h33-35,39,54H,10-32H2,1-9H3,(H,47,55)(H,48,56)(H,49,57)(H,50,58)(H,51,59)(H,52,60)(H,53,61)/t33?,34-,35-,39?/m1/s1. The van der Waals surface area contributed by atoms with E-state index in [0.29, 0.717) is 71.5 Å². The Balaban J connectivity index is 2.98. The van der Waals surface area contributed by atoms with Crippen molar-refractivity contribution in [1.82, 2.24) is 37.2 Å². The SMILES string of the molecule is CC(C)(C)OC(=O)NCCCNC(=O)CCOC1[C@H](OCCC(=O)NCCCNC(=O)OC(C)(C)C)CC(C(=O)NCCCCCCO)C[C@H]1OCCC(=O)NCCCNC(=O)OC(C)(C)C. The summed E-state index contributed by atoms with van der Waals surface area (Å²) >= 11 is 0. The van der Waals surface area contributed by atoms with E-state index in [9.17, 15) is 33.6 Å². The molecule has 0 unspecified atom stereocenters. The van der Waals surface area contributed by atoms with Gasteiger partial charge in [-0.3, -0.25) is 19.2 Å². The van der Waals surface area contributed by atoms with Crippen molar-refractivity contribution < 1.29 is 67.1 Å². The lowest BCUT2D eigenvalue weighted by molar-refractivity contribution is -0.175. The molecule has 7 amide bonds. The van der Waals surface area contributed by atoms with Crippen molar-refractivity contribution in [2.75, 3.05) is 72.2 Å². The Bertz CT molecular complexity index is 1420. The minimum absolute atomic E-state index is 0.00238. The van der Waals surface area contributed by atoms with E-state index in [2.05, 4.69) is 37.2 Å². The number of hydrogen-bond acceptors (Lipinski definition) is 14. The number of carbonyl (C=O) groups excluding carboxylic acids is 7. The zero-order valence-electron chi connectivity index (χ0n) is 41.8. The number of unbranched alkanes of at least 4 members (excludes halogenated alkanes) is 3. The van der Waals surface area contributed by atoms with Crippen LogP contribution >= 0.6 is 0 Å². The highest BCUT2D eigenvalue weighted by Crippen LogP contribution is 2.32. The second kappa shape index (κ2) is 33.1. The van der Waals surface area contributed by atoms with E-state index in [1.54, 1.807) is 62.3 Å². The molecule has 2 atom stereocenters. The molecule has 0 saturated heterocycles. The first-order valence-electron chi connectivity index (χ1n) is 23.9. The van der Waals surface area contributed by atoms with Crippen molar-refractivity contribution in [3.05, 3.63) is 0 Å². The molecular formula is C46H85N7O14. The van der Waals surface area contributed by atoms with E-state index in [4.69, 9.17) is 33.5 Å². The first-order chi connectivity index (χ1) is 31.5. The molecule has 0 radical (unpaired) electrons. The second-order valence-corrected chi connectivity index (χ2v) is 19.4. The van der Waals surface area contributed by atoms with Crippen LogP contribution in [0.3, 0.4) is 0 Å². The van der Waals surface area contributed by atoms with E-state index < -0.39 is 59.3 Å². The van der Waals surface area contributed by atoms with Gasteiger partial charge < -0.3 is 70.7 Å². The van der Waals surface area contributed by atoms with Crippen molar-refractivity contribution >= 4 is 41.9 Å². The zero-order chi connectivity index (χ0) is 50.3. The highest BCUT2D eigenvalue weighted by atomic mass is 16.6. The Morgan fingerprint density at radius 3 is 1.12 bits per heavy atom. The summed E-state index contributed by atoms with van der Waals surface area (Å²) in [5.74, 6) is -1.59. The lowest BCUT2D eigenvalue weighted by Crippen LogP contribution is -2.52. The van der Waals surface area contributed by atoms with Crippen LogP contribution in [0.5, 0.6) is 0 Å². The fraction of sp³-hybridized carbons (Fsp3) is 0.848. The summed E-state index contributed by atoms with van der Waals surface area (Å²) < 4.78 is 34.6. The number of nitrogens with one attached hydrogen (secondary N) is 7. The molecule has 1 rings (SSSR count). The van der Waals surface area contributed by atoms with E-state index in [1.165, 1.54) is 0 Å². The molecule has 0 aromatic heterocycles. The third-order valence-electron chi connectivity index (χ3n) is 9.51. The molecule has 8 N–H and O–H groups in total. The molecule has 1 fully saturated rings. The third kappa shape index (κ3) is 33.6. The maximum Gasteiger partial charge on any atom is 0.407 e. The molecule has 0 aromatic carbocycles. The minimum Gasteiger partial charge on any atom is -0.444 e. The molecule has 0 bridgehead atoms. The molecule has 388 valence electrons. The van der Waals surface area contributed by atoms with Gasteiger partial charge in [0.25, 0.3) is 0 Å². The summed E-state index contributed by atoms with van der Waals surface area (Å²) in [4.78, 5) is 87.7. The van der Waals surface area contributed by atoms with Crippen LogP contribution in [0.2, 0.25) is 0 Å². The van der Waals surface area contributed by atoms with Gasteiger partial charge in [0.2, 0.25) is 23.6 Å². The first kappa shape index (κ1) is 60.5. The lowest BCUT2D eigenvalue weighted by Gasteiger charge is -2.40. The Hall–Kier alpha value is -4.47. The molecule has 21 nitrogen and oxygen atoms in total. The molecule has 1 saturated carbocycles. The van der Waals surface area contributed by atoms with Crippen LogP contribution in [-0.4, -0.2) is 154 Å². The Morgan fingerprint density at radius 2 is 0.761 bits per heavy atom. The summed E-state index contributed by atoms with van der Waals surface area (Å²) in [6.45, 7) is 18.3. The van der Waals surface area contributed by atoms with E-state index >= 15 is 0 Å². The van der Waals surface area contributed by atoms with Gasteiger partial charge in [-0.25, -0.2) is 14.4 Å². The predicted octanol–water partition coefficient (Wildman–Crippen LogP) is 3.48. The average Bonchev–Trinajstić information content (AvgIpc) is 3.20. The van der Waals surface area contributed by atoms with E-state index in [-0.39, 0.29) is 82.2 Å². The quantitative estimate of drug-likeness (QED) is 0.0365. The average molecular weight is 960 g/mol. The fourth-order valence-corrected chi connectivity index (χ4v) is 6.49. The molecule has 1 aliphatic carbocycles. The van der Waals surface area contributed by atoms with Crippen LogP contribution < -0.4 is 37.2 Å². The highest BCUT2D eigenvalue weighted by molar-refractivity contribution is 5.79. The summed E-state index contributed by atoms with van der Waals surface area (Å²) in [6, 6.07) is 0. The lowest BCUT2D eigenvalue weighted by atomic mass is 9.82. The summed E-state index contributed by atoms with van der Waals surface area (Å²) in [5.41, 5.74) is -1.88. The molecule has 0 aliphatic heterocycles. The van der Waals surface area contributed by atoms with Crippen molar-refractivity contribution in [2.24, 2.45) is 5.92 Å². The van der Waals surface area contributed by atoms with Crippen LogP contribution in [0.4, 0.5) is 14.4 Å². The largest absolute Gasteiger partial charge is 0.444 e.